The Kier molecular flexibility index (Phi) is 4.82. The van der Waals surface area contributed by atoms with E-state index in [0.717, 1.165) is 22.6 Å². The fourth-order valence-corrected chi connectivity index (χ4v) is 3.96. The van der Waals surface area contributed by atoms with Crippen LogP contribution in [0.4, 0.5) is 9.93 Å². The van der Waals surface area contributed by atoms with E-state index >= 15 is 0 Å². The van der Waals surface area contributed by atoms with E-state index in [0.29, 0.717) is 17.6 Å². The molecule has 7 heteroatoms. The van der Waals surface area contributed by atoms with Crippen LogP contribution in [0.5, 0.6) is 0 Å². The monoisotopic (exact) mass is 346 g/mol. The fourth-order valence-electron chi connectivity index (χ4n) is 3.14. The Morgan fingerprint density at radius 3 is 2.92 bits per heavy atom. The van der Waals surface area contributed by atoms with Crippen LogP contribution in [-0.4, -0.2) is 45.4 Å². The van der Waals surface area contributed by atoms with Gasteiger partial charge in [-0.3, -0.25) is 5.32 Å². The average Bonchev–Trinajstić information content (AvgIpc) is 3.13. The number of anilines is 1. The molecule has 1 aromatic heterocycles. The number of amides is 2. The van der Waals surface area contributed by atoms with Crippen LogP contribution in [0.3, 0.4) is 0 Å². The summed E-state index contributed by atoms with van der Waals surface area (Å²) in [5.74, 6) is 0.306. The number of urea groups is 1. The molecular formula is C17H22N4O2S. The van der Waals surface area contributed by atoms with Crippen molar-refractivity contribution in [3.05, 3.63) is 29.3 Å². The number of benzene rings is 1. The lowest BCUT2D eigenvalue weighted by atomic mass is 10.0. The van der Waals surface area contributed by atoms with Gasteiger partial charge >= 0.3 is 6.03 Å². The molecule has 0 saturated carbocycles. The molecule has 2 aromatic rings. The van der Waals surface area contributed by atoms with Gasteiger partial charge in [0.25, 0.3) is 0 Å². The van der Waals surface area contributed by atoms with E-state index in [1.165, 1.54) is 16.9 Å². The van der Waals surface area contributed by atoms with E-state index in [9.17, 15) is 9.90 Å². The standard InChI is InChI=1S/C17H22N4O2S/c1-10-4-5-13(12(3)8-10)15-19-20-16(24-15)18-17(23)21-7-6-11(2)14(21)9-22/h4-5,8,11,14,22H,6-7,9H2,1-3H3,(H,18,20,23)/t11-,14+/m0/s1. The number of likely N-dealkylation sites (tertiary alicyclic amines) is 1. The number of nitrogens with one attached hydrogen (secondary N) is 1. The van der Waals surface area contributed by atoms with E-state index in [1.807, 2.05) is 19.1 Å². The SMILES string of the molecule is Cc1ccc(-c2nnc(NC(=O)N3CC[C@H](C)[C@H]3CO)s2)c(C)c1. The molecule has 2 heterocycles. The highest BCUT2D eigenvalue weighted by molar-refractivity contribution is 7.18. The van der Waals surface area contributed by atoms with Crippen LogP contribution < -0.4 is 5.32 Å². The number of aryl methyl sites for hydroxylation is 2. The maximum atomic E-state index is 12.4. The van der Waals surface area contributed by atoms with E-state index in [4.69, 9.17) is 0 Å². The molecule has 1 saturated heterocycles. The Hall–Kier alpha value is -1.99. The second-order valence-electron chi connectivity index (χ2n) is 6.37. The Morgan fingerprint density at radius 1 is 1.42 bits per heavy atom. The van der Waals surface area contributed by atoms with Crippen molar-refractivity contribution in [2.75, 3.05) is 18.5 Å². The lowest BCUT2D eigenvalue weighted by Crippen LogP contribution is -2.42. The smallest absolute Gasteiger partial charge is 0.324 e. The highest BCUT2D eigenvalue weighted by Gasteiger charge is 2.34. The number of aliphatic hydroxyl groups is 1. The van der Waals surface area contributed by atoms with Gasteiger partial charge in [0.05, 0.1) is 12.6 Å². The third kappa shape index (κ3) is 3.27. The van der Waals surface area contributed by atoms with Gasteiger partial charge in [0.1, 0.15) is 5.01 Å². The predicted molar refractivity (Wildman–Crippen MR) is 95.2 cm³/mol. The molecule has 0 aliphatic carbocycles. The van der Waals surface area contributed by atoms with Crippen molar-refractivity contribution in [1.82, 2.24) is 15.1 Å². The molecular weight excluding hydrogens is 324 g/mol. The van der Waals surface area contributed by atoms with Crippen molar-refractivity contribution in [1.29, 1.82) is 0 Å². The van der Waals surface area contributed by atoms with Crippen LogP contribution in [-0.2, 0) is 0 Å². The third-order valence-electron chi connectivity index (χ3n) is 4.58. The van der Waals surface area contributed by atoms with Gasteiger partial charge in [0, 0.05) is 12.1 Å². The quantitative estimate of drug-likeness (QED) is 0.895. The number of aliphatic hydroxyl groups excluding tert-OH is 1. The number of nitrogens with zero attached hydrogens (tertiary/aromatic N) is 3. The lowest BCUT2D eigenvalue weighted by Gasteiger charge is -2.24. The van der Waals surface area contributed by atoms with E-state index < -0.39 is 0 Å². The van der Waals surface area contributed by atoms with E-state index in [1.54, 1.807) is 4.90 Å². The normalized spacial score (nSPS) is 20.4. The number of rotatable bonds is 3. The minimum Gasteiger partial charge on any atom is -0.394 e. The van der Waals surface area contributed by atoms with Gasteiger partial charge in [0.15, 0.2) is 0 Å². The molecule has 0 spiro atoms. The van der Waals surface area contributed by atoms with Gasteiger partial charge in [-0.25, -0.2) is 4.79 Å². The van der Waals surface area contributed by atoms with Gasteiger partial charge in [-0.05, 0) is 31.7 Å². The second kappa shape index (κ2) is 6.86. The first-order chi connectivity index (χ1) is 11.5. The van der Waals surface area contributed by atoms with Crippen molar-refractivity contribution in [2.45, 2.75) is 33.2 Å². The number of carbonyl (C=O) groups is 1. The molecule has 0 bridgehead atoms. The molecule has 1 aromatic carbocycles. The summed E-state index contributed by atoms with van der Waals surface area (Å²) in [6.45, 7) is 6.79. The highest BCUT2D eigenvalue weighted by Crippen LogP contribution is 2.30. The van der Waals surface area contributed by atoms with Gasteiger partial charge in [-0.2, -0.15) is 0 Å². The molecule has 2 amide bonds. The summed E-state index contributed by atoms with van der Waals surface area (Å²) in [5.41, 5.74) is 3.37. The Bertz CT molecular complexity index is 746. The number of hydrogen-bond acceptors (Lipinski definition) is 5. The first-order valence-electron chi connectivity index (χ1n) is 8.09. The van der Waals surface area contributed by atoms with Gasteiger partial charge in [0.2, 0.25) is 5.13 Å². The first-order valence-corrected chi connectivity index (χ1v) is 8.91. The zero-order chi connectivity index (χ0) is 17.3. The zero-order valence-corrected chi connectivity index (χ0v) is 14.9. The summed E-state index contributed by atoms with van der Waals surface area (Å²) in [4.78, 5) is 14.1. The Balaban J connectivity index is 1.73. The lowest BCUT2D eigenvalue weighted by molar-refractivity contribution is 0.152. The topological polar surface area (TPSA) is 78.4 Å². The molecule has 6 nitrogen and oxygen atoms in total. The van der Waals surface area contributed by atoms with Crippen molar-refractivity contribution in [2.24, 2.45) is 5.92 Å². The van der Waals surface area contributed by atoms with Crippen LogP contribution in [0.25, 0.3) is 10.6 Å². The second-order valence-corrected chi connectivity index (χ2v) is 7.35. The Labute approximate surface area is 145 Å². The third-order valence-corrected chi connectivity index (χ3v) is 5.45. The largest absolute Gasteiger partial charge is 0.394 e. The summed E-state index contributed by atoms with van der Waals surface area (Å²) in [6, 6.07) is 5.82. The zero-order valence-electron chi connectivity index (χ0n) is 14.1. The summed E-state index contributed by atoms with van der Waals surface area (Å²) < 4.78 is 0. The highest BCUT2D eigenvalue weighted by atomic mass is 32.1. The maximum Gasteiger partial charge on any atom is 0.324 e. The number of hydrogen-bond donors (Lipinski definition) is 2. The molecule has 2 atom stereocenters. The van der Waals surface area contributed by atoms with Crippen molar-refractivity contribution in [3.63, 3.8) is 0 Å². The first kappa shape index (κ1) is 16.9. The molecule has 1 aliphatic heterocycles. The number of carbonyl (C=O) groups excluding carboxylic acids is 1. The molecule has 24 heavy (non-hydrogen) atoms. The molecule has 2 N–H and O–H groups in total. The van der Waals surface area contributed by atoms with Gasteiger partial charge < -0.3 is 10.0 Å². The fraction of sp³-hybridized carbons (Fsp3) is 0.471. The number of aromatic nitrogens is 2. The van der Waals surface area contributed by atoms with E-state index in [-0.39, 0.29) is 18.7 Å². The van der Waals surface area contributed by atoms with Crippen molar-refractivity contribution in [3.8, 4) is 10.6 Å². The molecule has 3 rings (SSSR count). The van der Waals surface area contributed by atoms with Crippen LogP contribution in [0.1, 0.15) is 24.5 Å². The molecule has 128 valence electrons. The summed E-state index contributed by atoms with van der Waals surface area (Å²) in [5, 5.41) is 21.8. The minimum absolute atomic E-state index is 0.0154. The van der Waals surface area contributed by atoms with Crippen LogP contribution in [0.2, 0.25) is 0 Å². The minimum atomic E-state index is -0.221. The van der Waals surface area contributed by atoms with Crippen molar-refractivity contribution < 1.29 is 9.90 Å². The van der Waals surface area contributed by atoms with E-state index in [2.05, 4.69) is 35.4 Å². The van der Waals surface area contributed by atoms with Gasteiger partial charge in [-0.15, -0.1) is 10.2 Å². The average molecular weight is 346 g/mol. The summed E-state index contributed by atoms with van der Waals surface area (Å²) in [6.07, 6.45) is 0.905. The molecule has 1 fully saturated rings. The van der Waals surface area contributed by atoms with Crippen LogP contribution >= 0.6 is 11.3 Å². The van der Waals surface area contributed by atoms with Crippen LogP contribution in [0, 0.1) is 19.8 Å². The van der Waals surface area contributed by atoms with Gasteiger partial charge in [-0.1, -0.05) is 42.0 Å². The molecule has 0 radical (unpaired) electrons. The Morgan fingerprint density at radius 2 is 2.21 bits per heavy atom. The summed E-state index contributed by atoms with van der Waals surface area (Å²) in [7, 11) is 0. The van der Waals surface area contributed by atoms with Crippen LogP contribution in [0.15, 0.2) is 18.2 Å². The van der Waals surface area contributed by atoms with Crippen molar-refractivity contribution >= 4 is 22.5 Å². The molecule has 1 aliphatic rings. The summed E-state index contributed by atoms with van der Waals surface area (Å²) >= 11 is 1.36. The molecule has 0 unspecified atom stereocenters. The predicted octanol–water partition coefficient (Wildman–Crippen LogP) is 3.06. The maximum absolute atomic E-state index is 12.4.